The lowest BCUT2D eigenvalue weighted by molar-refractivity contribution is 0.322. The number of nitrogen functional groups attached to an aromatic ring is 1. The van der Waals surface area contributed by atoms with Crippen LogP contribution < -0.4 is 27.2 Å². The summed E-state index contributed by atoms with van der Waals surface area (Å²) < 4.78 is 0. The van der Waals surface area contributed by atoms with E-state index < -0.39 is 0 Å². The van der Waals surface area contributed by atoms with Gasteiger partial charge in [-0.2, -0.15) is 0 Å². The summed E-state index contributed by atoms with van der Waals surface area (Å²) in [7, 11) is 0. The Kier molecular flexibility index (Phi) is 5.04. The fourth-order valence-corrected chi connectivity index (χ4v) is 5.41. The lowest BCUT2D eigenvalue weighted by Crippen LogP contribution is -2.53. The summed E-state index contributed by atoms with van der Waals surface area (Å²) in [4.78, 5) is 26.8. The zero-order valence-corrected chi connectivity index (χ0v) is 18.2. The number of nitrogens with zero attached hydrogens (tertiary/aromatic N) is 3. The zero-order chi connectivity index (χ0) is 21.6. The Hall–Kier alpha value is -2.75. The number of hydrogen-bond donors (Lipinski definition) is 4. The summed E-state index contributed by atoms with van der Waals surface area (Å²) in [5.41, 5.74) is 14.2. The molecule has 1 aromatic carbocycles. The maximum Gasteiger partial charge on any atom is 0.291 e. The fraction of sp³-hybridized carbons (Fsp3) is 0.286. The van der Waals surface area contributed by atoms with Crippen molar-refractivity contribution in [1.82, 2.24) is 15.0 Å². The number of hydrogen-bond acceptors (Lipinski definition) is 8. The van der Waals surface area contributed by atoms with Gasteiger partial charge in [0.1, 0.15) is 5.82 Å². The minimum Gasteiger partial charge on any atom is -0.382 e. The molecule has 1 atom stereocenters. The number of benzene rings is 1. The highest BCUT2D eigenvalue weighted by Crippen LogP contribution is 2.45. The van der Waals surface area contributed by atoms with Crippen molar-refractivity contribution < 1.29 is 0 Å². The molecule has 4 heterocycles. The predicted molar refractivity (Wildman–Crippen MR) is 124 cm³/mol. The first-order valence-electron chi connectivity index (χ1n) is 10.0. The van der Waals surface area contributed by atoms with Gasteiger partial charge in [0.05, 0.1) is 27.8 Å². The van der Waals surface area contributed by atoms with Crippen LogP contribution in [0.2, 0.25) is 5.02 Å². The molecule has 1 spiro atoms. The van der Waals surface area contributed by atoms with Gasteiger partial charge in [0.15, 0.2) is 5.82 Å². The molecule has 160 valence electrons. The van der Waals surface area contributed by atoms with Crippen molar-refractivity contribution >= 4 is 40.7 Å². The highest BCUT2D eigenvalue weighted by Gasteiger charge is 2.46. The number of fused-ring (bicyclic) bond motifs is 1. The highest BCUT2D eigenvalue weighted by molar-refractivity contribution is 7.99. The number of H-pyrrole nitrogens is 1. The summed E-state index contributed by atoms with van der Waals surface area (Å²) in [6.45, 7) is 1.40. The normalized spacial score (nSPS) is 19.3. The molecule has 0 aliphatic carbocycles. The Morgan fingerprint density at radius 1 is 1.19 bits per heavy atom. The monoisotopic (exact) mass is 455 g/mol. The van der Waals surface area contributed by atoms with Gasteiger partial charge in [0.25, 0.3) is 5.56 Å². The number of aromatic amines is 1. The molecule has 0 bridgehead atoms. The number of para-hydroxylation sites is 1. The van der Waals surface area contributed by atoms with Gasteiger partial charge < -0.3 is 26.7 Å². The van der Waals surface area contributed by atoms with Crippen LogP contribution in [0.5, 0.6) is 0 Å². The molecule has 2 aliphatic heterocycles. The third-order valence-electron chi connectivity index (χ3n) is 6.07. The molecule has 1 fully saturated rings. The Morgan fingerprint density at radius 2 is 1.97 bits per heavy atom. The second-order valence-electron chi connectivity index (χ2n) is 7.84. The standard InChI is InChI=1S/C21H22ClN7OS/c22-16-14(5-8-25-18(16)24)31-15-11-26-19(20(30)27-15)29-9-6-21(7-10-29)17(23)12-3-1-2-4-13(12)28-21/h1-5,8,11,17,28H,6-7,9-10,23H2,(H2,24,25)(H,27,30)/t17-/m1/s1. The van der Waals surface area contributed by atoms with Crippen LogP contribution >= 0.6 is 23.4 Å². The van der Waals surface area contributed by atoms with Crippen LogP contribution in [-0.4, -0.2) is 33.6 Å². The van der Waals surface area contributed by atoms with E-state index in [0.717, 1.165) is 24.1 Å². The number of pyridine rings is 1. The highest BCUT2D eigenvalue weighted by atomic mass is 35.5. The number of piperidine rings is 1. The van der Waals surface area contributed by atoms with Crippen LogP contribution in [0.1, 0.15) is 24.4 Å². The third kappa shape index (κ3) is 3.52. The lowest BCUT2D eigenvalue weighted by atomic mass is 9.81. The van der Waals surface area contributed by atoms with Gasteiger partial charge in [0.2, 0.25) is 0 Å². The molecule has 3 aromatic rings. The van der Waals surface area contributed by atoms with Gasteiger partial charge in [-0.3, -0.25) is 4.79 Å². The molecule has 2 aromatic heterocycles. The Bertz CT molecular complexity index is 1190. The molecular weight excluding hydrogens is 434 g/mol. The van der Waals surface area contributed by atoms with E-state index in [0.29, 0.717) is 33.9 Å². The topological polar surface area (TPSA) is 126 Å². The Labute approximate surface area is 188 Å². The van der Waals surface area contributed by atoms with Crippen molar-refractivity contribution in [2.45, 2.75) is 34.3 Å². The molecule has 8 nitrogen and oxygen atoms in total. The molecule has 1 saturated heterocycles. The molecule has 0 unspecified atom stereocenters. The van der Waals surface area contributed by atoms with Gasteiger partial charge in [-0.25, -0.2) is 9.97 Å². The van der Waals surface area contributed by atoms with E-state index in [4.69, 9.17) is 23.1 Å². The summed E-state index contributed by atoms with van der Waals surface area (Å²) in [6.07, 6.45) is 4.87. The number of nitrogens with one attached hydrogen (secondary N) is 2. The van der Waals surface area contributed by atoms with E-state index in [1.54, 1.807) is 18.5 Å². The molecule has 0 radical (unpaired) electrons. The summed E-state index contributed by atoms with van der Waals surface area (Å²) in [5.74, 6) is 0.672. The van der Waals surface area contributed by atoms with E-state index in [-0.39, 0.29) is 23.0 Å². The van der Waals surface area contributed by atoms with Gasteiger partial charge in [0, 0.05) is 29.9 Å². The van der Waals surface area contributed by atoms with E-state index >= 15 is 0 Å². The van der Waals surface area contributed by atoms with Crippen LogP contribution in [0.15, 0.2) is 57.4 Å². The first-order chi connectivity index (χ1) is 15.0. The molecule has 10 heteroatoms. The van der Waals surface area contributed by atoms with Crippen molar-refractivity contribution in [1.29, 1.82) is 0 Å². The average molecular weight is 456 g/mol. The van der Waals surface area contributed by atoms with Crippen LogP contribution in [-0.2, 0) is 0 Å². The van der Waals surface area contributed by atoms with Gasteiger partial charge in [-0.1, -0.05) is 41.6 Å². The maximum atomic E-state index is 12.8. The van der Waals surface area contributed by atoms with E-state index in [2.05, 4.69) is 32.4 Å². The van der Waals surface area contributed by atoms with Gasteiger partial charge >= 0.3 is 0 Å². The van der Waals surface area contributed by atoms with Crippen molar-refractivity contribution in [2.24, 2.45) is 5.73 Å². The first-order valence-corrected chi connectivity index (χ1v) is 11.2. The first kappa shape index (κ1) is 20.2. The summed E-state index contributed by atoms with van der Waals surface area (Å²) in [6, 6.07) is 9.87. The van der Waals surface area contributed by atoms with Crippen molar-refractivity contribution in [3.63, 3.8) is 0 Å². The maximum absolute atomic E-state index is 12.8. The number of rotatable bonds is 3. The predicted octanol–water partition coefficient (Wildman–Crippen LogP) is 3.02. The lowest BCUT2D eigenvalue weighted by Gasteiger charge is -2.42. The second-order valence-corrected chi connectivity index (χ2v) is 9.31. The van der Waals surface area contributed by atoms with E-state index in [1.807, 2.05) is 17.0 Å². The number of anilines is 3. The van der Waals surface area contributed by atoms with E-state index in [9.17, 15) is 4.79 Å². The molecule has 2 aliphatic rings. The van der Waals surface area contributed by atoms with Crippen LogP contribution in [0.25, 0.3) is 0 Å². The number of aromatic nitrogens is 3. The minimum absolute atomic E-state index is 0.0617. The fourth-order valence-electron chi connectivity index (χ4n) is 4.37. The average Bonchev–Trinajstić information content (AvgIpc) is 3.04. The van der Waals surface area contributed by atoms with Crippen molar-refractivity contribution in [3.8, 4) is 0 Å². The van der Waals surface area contributed by atoms with E-state index in [1.165, 1.54) is 11.8 Å². The Morgan fingerprint density at radius 3 is 2.71 bits per heavy atom. The van der Waals surface area contributed by atoms with Crippen LogP contribution in [0, 0.1) is 0 Å². The largest absolute Gasteiger partial charge is 0.382 e. The smallest absolute Gasteiger partial charge is 0.291 e. The number of halogens is 1. The second kappa shape index (κ2) is 7.74. The number of nitrogens with two attached hydrogens (primary N) is 2. The zero-order valence-electron chi connectivity index (χ0n) is 16.6. The Balaban J connectivity index is 1.30. The van der Waals surface area contributed by atoms with Crippen LogP contribution in [0.3, 0.4) is 0 Å². The minimum atomic E-state index is -0.230. The molecule has 31 heavy (non-hydrogen) atoms. The molecule has 5 rings (SSSR count). The summed E-state index contributed by atoms with van der Waals surface area (Å²) >= 11 is 7.49. The van der Waals surface area contributed by atoms with Crippen molar-refractivity contribution in [3.05, 3.63) is 63.7 Å². The molecule has 6 N–H and O–H groups in total. The van der Waals surface area contributed by atoms with Crippen molar-refractivity contribution in [2.75, 3.05) is 29.0 Å². The molecule has 0 saturated carbocycles. The quantitative estimate of drug-likeness (QED) is 0.474. The molecular formula is C21H22ClN7OS. The third-order valence-corrected chi connectivity index (χ3v) is 7.57. The van der Waals surface area contributed by atoms with Crippen LogP contribution in [0.4, 0.5) is 17.3 Å². The SMILES string of the molecule is Nc1nccc(Sc2cnc(N3CCC4(CC3)Nc3ccccc3[C@H]4N)c(=O)[nH]2)c1Cl. The molecule has 0 amide bonds. The van der Waals surface area contributed by atoms with Gasteiger partial charge in [-0.15, -0.1) is 0 Å². The summed E-state index contributed by atoms with van der Waals surface area (Å²) in [5, 5.41) is 4.59. The van der Waals surface area contributed by atoms with Gasteiger partial charge in [-0.05, 0) is 30.5 Å².